The molecule has 0 saturated heterocycles. The van der Waals surface area contributed by atoms with E-state index < -0.39 is 6.10 Å². The van der Waals surface area contributed by atoms with E-state index in [1.807, 2.05) is 0 Å². The van der Waals surface area contributed by atoms with E-state index in [1.54, 1.807) is 0 Å². The van der Waals surface area contributed by atoms with Gasteiger partial charge >= 0.3 is 17.9 Å². The molecule has 2 atom stereocenters. The van der Waals surface area contributed by atoms with Crippen molar-refractivity contribution in [1.29, 1.82) is 0 Å². The van der Waals surface area contributed by atoms with Crippen LogP contribution < -0.4 is 0 Å². The van der Waals surface area contributed by atoms with Crippen molar-refractivity contribution >= 4 is 17.9 Å². The van der Waals surface area contributed by atoms with Crippen molar-refractivity contribution in [2.24, 2.45) is 11.8 Å². The smallest absolute Gasteiger partial charge is 0.306 e. The zero-order chi connectivity index (χ0) is 34.8. The Bertz CT molecular complexity index is 721. The van der Waals surface area contributed by atoms with E-state index in [2.05, 4.69) is 34.6 Å². The van der Waals surface area contributed by atoms with Gasteiger partial charge in [-0.15, -0.1) is 0 Å². The van der Waals surface area contributed by atoms with E-state index in [-0.39, 0.29) is 31.1 Å². The van der Waals surface area contributed by atoms with Crippen molar-refractivity contribution in [3.8, 4) is 0 Å². The van der Waals surface area contributed by atoms with E-state index in [4.69, 9.17) is 14.2 Å². The molecule has 47 heavy (non-hydrogen) atoms. The first-order valence-electron chi connectivity index (χ1n) is 20.3. The predicted molar refractivity (Wildman–Crippen MR) is 196 cm³/mol. The van der Waals surface area contributed by atoms with Crippen molar-refractivity contribution in [2.45, 2.75) is 221 Å². The standard InChI is InChI=1S/C41H78O6/c1-6-8-9-10-11-12-15-21-26-31-39(42)45-34-38(47-41(44)33-28-23-16-13-14-19-24-29-36(3)4)35-46-40(43)32-27-22-18-17-20-25-30-37(5)7-2/h36-38H,6-35H2,1-5H3/t37?,38-/m0/s1. The number of hydrogen-bond donors (Lipinski definition) is 0. The number of ether oxygens (including phenoxy) is 3. The normalized spacial score (nSPS) is 12.6. The van der Waals surface area contributed by atoms with Crippen LogP contribution in [0.15, 0.2) is 0 Å². The average Bonchev–Trinajstić information content (AvgIpc) is 3.05. The van der Waals surface area contributed by atoms with Gasteiger partial charge in [-0.2, -0.15) is 0 Å². The molecule has 0 aromatic carbocycles. The largest absolute Gasteiger partial charge is 0.462 e. The zero-order valence-electron chi connectivity index (χ0n) is 31.9. The van der Waals surface area contributed by atoms with E-state index in [9.17, 15) is 14.4 Å². The molecular formula is C41H78O6. The molecule has 0 aliphatic heterocycles. The minimum Gasteiger partial charge on any atom is -0.462 e. The summed E-state index contributed by atoms with van der Waals surface area (Å²) in [7, 11) is 0. The van der Waals surface area contributed by atoms with Crippen LogP contribution in [0.5, 0.6) is 0 Å². The molecule has 6 heteroatoms. The van der Waals surface area contributed by atoms with Gasteiger partial charge in [-0.05, 0) is 31.1 Å². The molecule has 0 fully saturated rings. The van der Waals surface area contributed by atoms with E-state index in [0.29, 0.717) is 19.3 Å². The van der Waals surface area contributed by atoms with Crippen LogP contribution in [0.4, 0.5) is 0 Å². The molecule has 1 unspecified atom stereocenters. The molecule has 0 aromatic heterocycles. The van der Waals surface area contributed by atoms with Crippen LogP contribution in [0.2, 0.25) is 0 Å². The summed E-state index contributed by atoms with van der Waals surface area (Å²) in [5.41, 5.74) is 0. The molecule has 0 saturated carbocycles. The van der Waals surface area contributed by atoms with Gasteiger partial charge < -0.3 is 14.2 Å². The minimum atomic E-state index is -0.759. The Kier molecular flexibility index (Phi) is 33.1. The van der Waals surface area contributed by atoms with Crippen LogP contribution in [0.25, 0.3) is 0 Å². The average molecular weight is 667 g/mol. The number of carbonyl (C=O) groups excluding carboxylic acids is 3. The lowest BCUT2D eigenvalue weighted by Gasteiger charge is -2.18. The summed E-state index contributed by atoms with van der Waals surface area (Å²) >= 11 is 0. The Morgan fingerprint density at radius 1 is 0.447 bits per heavy atom. The Balaban J connectivity index is 4.38. The second kappa shape index (κ2) is 34.3. The Morgan fingerprint density at radius 2 is 0.809 bits per heavy atom. The maximum absolute atomic E-state index is 12.6. The summed E-state index contributed by atoms with van der Waals surface area (Å²) in [6, 6.07) is 0. The van der Waals surface area contributed by atoms with Gasteiger partial charge in [-0.1, -0.05) is 176 Å². The molecule has 0 rings (SSSR count). The summed E-state index contributed by atoms with van der Waals surface area (Å²) in [5, 5.41) is 0. The topological polar surface area (TPSA) is 78.9 Å². The van der Waals surface area contributed by atoms with Gasteiger partial charge in [-0.3, -0.25) is 14.4 Å². The zero-order valence-corrected chi connectivity index (χ0v) is 31.9. The molecule has 0 aromatic rings. The molecule has 0 N–H and O–H groups in total. The summed E-state index contributed by atoms with van der Waals surface area (Å²) in [5.74, 6) is 0.720. The van der Waals surface area contributed by atoms with Crippen molar-refractivity contribution in [3.05, 3.63) is 0 Å². The SMILES string of the molecule is CCCCCCCCCCCC(=O)OC[C@@H](COC(=O)CCCCCCCCC(C)CC)OC(=O)CCCCCCCCCC(C)C. The summed E-state index contributed by atoms with van der Waals surface area (Å²) in [4.78, 5) is 37.4. The van der Waals surface area contributed by atoms with Crippen LogP contribution in [-0.4, -0.2) is 37.2 Å². The van der Waals surface area contributed by atoms with Gasteiger partial charge in [0.2, 0.25) is 0 Å². The van der Waals surface area contributed by atoms with E-state index in [1.165, 1.54) is 103 Å². The highest BCUT2D eigenvalue weighted by molar-refractivity contribution is 5.71. The lowest BCUT2D eigenvalue weighted by Crippen LogP contribution is -2.30. The van der Waals surface area contributed by atoms with Crippen LogP contribution in [0.3, 0.4) is 0 Å². The molecule has 0 aliphatic carbocycles. The molecular weight excluding hydrogens is 588 g/mol. The van der Waals surface area contributed by atoms with Crippen molar-refractivity contribution in [3.63, 3.8) is 0 Å². The van der Waals surface area contributed by atoms with Crippen LogP contribution >= 0.6 is 0 Å². The van der Waals surface area contributed by atoms with Crippen LogP contribution in [-0.2, 0) is 28.6 Å². The fourth-order valence-electron chi connectivity index (χ4n) is 5.84. The summed E-state index contributed by atoms with van der Waals surface area (Å²) in [6.07, 6.45) is 29.6. The second-order valence-corrected chi connectivity index (χ2v) is 14.6. The maximum atomic E-state index is 12.6. The molecule has 6 nitrogen and oxygen atoms in total. The Labute approximate surface area is 291 Å². The molecule has 0 radical (unpaired) electrons. The van der Waals surface area contributed by atoms with Gasteiger partial charge in [0.15, 0.2) is 6.10 Å². The van der Waals surface area contributed by atoms with Crippen molar-refractivity contribution in [1.82, 2.24) is 0 Å². The molecule has 0 aliphatic rings. The van der Waals surface area contributed by atoms with Gasteiger partial charge in [-0.25, -0.2) is 0 Å². The first-order chi connectivity index (χ1) is 22.8. The number of rotatable bonds is 35. The van der Waals surface area contributed by atoms with Gasteiger partial charge in [0.1, 0.15) is 13.2 Å². The van der Waals surface area contributed by atoms with Crippen LogP contribution in [0, 0.1) is 11.8 Å². The fraction of sp³-hybridized carbons (Fsp3) is 0.927. The van der Waals surface area contributed by atoms with E-state index in [0.717, 1.165) is 69.6 Å². The fourth-order valence-corrected chi connectivity index (χ4v) is 5.84. The molecule has 0 heterocycles. The quantitative estimate of drug-likeness (QED) is 0.0380. The summed E-state index contributed by atoms with van der Waals surface area (Å²) < 4.78 is 16.6. The molecule has 0 spiro atoms. The van der Waals surface area contributed by atoms with Crippen LogP contribution in [0.1, 0.15) is 214 Å². The third kappa shape index (κ3) is 34.1. The first kappa shape index (κ1) is 45.4. The third-order valence-corrected chi connectivity index (χ3v) is 9.33. The number of unbranched alkanes of at least 4 members (excludes halogenated alkanes) is 19. The summed E-state index contributed by atoms with van der Waals surface area (Å²) in [6.45, 7) is 11.2. The monoisotopic (exact) mass is 667 g/mol. The Hall–Kier alpha value is -1.59. The lowest BCUT2D eigenvalue weighted by atomic mass is 10.00. The maximum Gasteiger partial charge on any atom is 0.306 e. The number of esters is 3. The second-order valence-electron chi connectivity index (χ2n) is 14.6. The number of carbonyl (C=O) groups is 3. The number of hydrogen-bond acceptors (Lipinski definition) is 6. The molecule has 278 valence electrons. The van der Waals surface area contributed by atoms with Gasteiger partial charge in [0, 0.05) is 19.3 Å². The third-order valence-electron chi connectivity index (χ3n) is 9.33. The van der Waals surface area contributed by atoms with E-state index >= 15 is 0 Å². The lowest BCUT2D eigenvalue weighted by molar-refractivity contribution is -0.167. The highest BCUT2D eigenvalue weighted by atomic mass is 16.6. The minimum absolute atomic E-state index is 0.0672. The molecule has 0 amide bonds. The molecule has 0 bridgehead atoms. The highest BCUT2D eigenvalue weighted by Crippen LogP contribution is 2.16. The highest BCUT2D eigenvalue weighted by Gasteiger charge is 2.19. The Morgan fingerprint density at radius 3 is 1.21 bits per heavy atom. The first-order valence-corrected chi connectivity index (χ1v) is 20.3. The predicted octanol–water partition coefficient (Wildman–Crippen LogP) is 12.2. The van der Waals surface area contributed by atoms with Gasteiger partial charge in [0.05, 0.1) is 0 Å². The van der Waals surface area contributed by atoms with Crippen molar-refractivity contribution < 1.29 is 28.6 Å². The van der Waals surface area contributed by atoms with Gasteiger partial charge in [0.25, 0.3) is 0 Å². The van der Waals surface area contributed by atoms with Crippen molar-refractivity contribution in [2.75, 3.05) is 13.2 Å².